The molecule has 0 fully saturated rings. The number of hydrogen-bond donors (Lipinski definition) is 1. The highest BCUT2D eigenvalue weighted by molar-refractivity contribution is 5.40. The molecule has 1 aromatic heterocycles. The summed E-state index contributed by atoms with van der Waals surface area (Å²) in [5.74, 6) is 2.12. The average molecular weight is 277 g/mol. The van der Waals surface area contributed by atoms with Crippen LogP contribution in [0.25, 0.3) is 0 Å². The number of rotatable bonds is 4. The van der Waals surface area contributed by atoms with Gasteiger partial charge in [-0.1, -0.05) is 17.3 Å². The fourth-order valence-corrected chi connectivity index (χ4v) is 1.93. The van der Waals surface area contributed by atoms with Crippen LogP contribution >= 0.6 is 0 Å². The molecule has 7 nitrogen and oxygen atoms in total. The van der Waals surface area contributed by atoms with E-state index in [9.17, 15) is 0 Å². The first-order valence-electron chi connectivity index (χ1n) is 6.24. The summed E-state index contributed by atoms with van der Waals surface area (Å²) in [7, 11) is 1.56. The van der Waals surface area contributed by atoms with Crippen molar-refractivity contribution in [2.75, 3.05) is 20.3 Å². The summed E-state index contributed by atoms with van der Waals surface area (Å²) in [5.41, 5.74) is 5.83. The Hall–Kier alpha value is -2.12. The lowest BCUT2D eigenvalue weighted by molar-refractivity contribution is 0.0832. The summed E-state index contributed by atoms with van der Waals surface area (Å²) >= 11 is 0. The van der Waals surface area contributed by atoms with Gasteiger partial charge in [-0.2, -0.15) is 4.98 Å². The number of benzene rings is 1. The summed E-state index contributed by atoms with van der Waals surface area (Å²) in [6.07, 6.45) is -0.405. The fraction of sp³-hybridized carbons (Fsp3) is 0.385. The zero-order chi connectivity index (χ0) is 13.9. The number of aromatic nitrogens is 2. The molecule has 7 heteroatoms. The first-order chi connectivity index (χ1) is 9.78. The van der Waals surface area contributed by atoms with Gasteiger partial charge in [0.2, 0.25) is 11.7 Å². The Morgan fingerprint density at radius 3 is 3.00 bits per heavy atom. The van der Waals surface area contributed by atoms with Crippen molar-refractivity contribution in [2.24, 2.45) is 5.73 Å². The molecule has 20 heavy (non-hydrogen) atoms. The third-order valence-corrected chi connectivity index (χ3v) is 2.92. The van der Waals surface area contributed by atoms with Crippen molar-refractivity contribution in [1.29, 1.82) is 0 Å². The van der Waals surface area contributed by atoms with Gasteiger partial charge in [-0.05, 0) is 12.1 Å². The molecule has 1 aliphatic rings. The van der Waals surface area contributed by atoms with Gasteiger partial charge in [0, 0.05) is 7.11 Å². The topological polar surface area (TPSA) is 92.6 Å². The molecule has 0 bridgehead atoms. The monoisotopic (exact) mass is 277 g/mol. The molecule has 0 saturated carbocycles. The molecule has 1 aromatic carbocycles. The lowest BCUT2D eigenvalue weighted by Crippen LogP contribution is -2.23. The molecule has 0 amide bonds. The summed E-state index contributed by atoms with van der Waals surface area (Å²) in [6, 6.07) is 7.00. The molecule has 106 valence electrons. The molecule has 2 aromatic rings. The fourth-order valence-electron chi connectivity index (χ4n) is 1.93. The Morgan fingerprint density at radius 2 is 2.20 bits per heavy atom. The van der Waals surface area contributed by atoms with Crippen molar-refractivity contribution in [2.45, 2.75) is 12.1 Å². The maximum atomic E-state index is 5.83. The highest BCUT2D eigenvalue weighted by atomic mass is 16.6. The average Bonchev–Trinajstić information content (AvgIpc) is 2.97. The Morgan fingerprint density at radius 1 is 1.40 bits per heavy atom. The van der Waals surface area contributed by atoms with Crippen LogP contribution in [0.1, 0.15) is 23.9 Å². The van der Waals surface area contributed by atoms with E-state index in [0.717, 1.165) is 0 Å². The molecule has 2 unspecified atom stereocenters. The zero-order valence-electron chi connectivity index (χ0n) is 11.0. The normalized spacial score (nSPS) is 18.8. The van der Waals surface area contributed by atoms with Crippen LogP contribution in [0.2, 0.25) is 0 Å². The Labute approximate surface area is 115 Å². The molecule has 1 aliphatic heterocycles. The molecule has 3 rings (SSSR count). The van der Waals surface area contributed by atoms with Gasteiger partial charge in [-0.15, -0.1) is 0 Å². The zero-order valence-corrected chi connectivity index (χ0v) is 11.0. The van der Waals surface area contributed by atoms with Gasteiger partial charge in [-0.3, -0.25) is 0 Å². The number of hydrogen-bond acceptors (Lipinski definition) is 7. The Balaban J connectivity index is 1.75. The van der Waals surface area contributed by atoms with Crippen molar-refractivity contribution in [3.63, 3.8) is 0 Å². The number of para-hydroxylation sites is 2. The predicted molar refractivity (Wildman–Crippen MR) is 68.4 cm³/mol. The van der Waals surface area contributed by atoms with E-state index >= 15 is 0 Å². The van der Waals surface area contributed by atoms with E-state index in [2.05, 4.69) is 10.1 Å². The standard InChI is InChI=1S/C13H15N3O4/c1-17-6-8(14)13-15-12(16-20-13)11-7-18-9-4-2-3-5-10(9)19-11/h2-5,8,11H,6-7,14H2,1H3. The SMILES string of the molecule is COCC(N)c1nc(C2COc3ccccc3O2)no1. The summed E-state index contributed by atoms with van der Waals surface area (Å²) in [6.45, 7) is 0.641. The number of nitrogens with two attached hydrogens (primary N) is 1. The van der Waals surface area contributed by atoms with Gasteiger partial charge in [0.15, 0.2) is 17.6 Å². The number of ether oxygens (including phenoxy) is 3. The molecule has 2 N–H and O–H groups in total. The van der Waals surface area contributed by atoms with Crippen molar-refractivity contribution >= 4 is 0 Å². The van der Waals surface area contributed by atoms with Crippen LogP contribution in [0, 0.1) is 0 Å². The van der Waals surface area contributed by atoms with Crippen LogP contribution in [-0.4, -0.2) is 30.5 Å². The Bertz CT molecular complexity index is 587. The van der Waals surface area contributed by atoms with Crippen molar-refractivity contribution < 1.29 is 18.7 Å². The first kappa shape index (κ1) is 12.9. The summed E-state index contributed by atoms with van der Waals surface area (Å²) in [5, 5.41) is 3.89. The minimum atomic E-state index is -0.446. The van der Waals surface area contributed by atoms with Gasteiger partial charge in [0.25, 0.3) is 0 Å². The van der Waals surface area contributed by atoms with Crippen LogP contribution in [0.5, 0.6) is 11.5 Å². The van der Waals surface area contributed by atoms with Gasteiger partial charge in [-0.25, -0.2) is 0 Å². The minimum Gasteiger partial charge on any atom is -0.485 e. The van der Waals surface area contributed by atoms with E-state index in [1.165, 1.54) is 0 Å². The van der Waals surface area contributed by atoms with Crippen LogP contribution < -0.4 is 15.2 Å². The number of methoxy groups -OCH3 is 1. The molecular formula is C13H15N3O4. The molecule has 0 saturated heterocycles. The summed E-state index contributed by atoms with van der Waals surface area (Å²) < 4.78 is 21.5. The second-order valence-electron chi connectivity index (χ2n) is 4.42. The second kappa shape index (κ2) is 5.48. The van der Waals surface area contributed by atoms with Crippen LogP contribution in [0.15, 0.2) is 28.8 Å². The van der Waals surface area contributed by atoms with Gasteiger partial charge in [0.1, 0.15) is 12.6 Å². The third kappa shape index (κ3) is 2.45. The highest BCUT2D eigenvalue weighted by Crippen LogP contribution is 2.35. The van der Waals surface area contributed by atoms with E-state index in [-0.39, 0.29) is 0 Å². The molecule has 2 atom stereocenters. The van der Waals surface area contributed by atoms with Crippen LogP contribution in [-0.2, 0) is 4.74 Å². The van der Waals surface area contributed by atoms with Crippen LogP contribution in [0.4, 0.5) is 0 Å². The molecule has 0 aliphatic carbocycles. The maximum Gasteiger partial charge on any atom is 0.246 e. The molecule has 0 radical (unpaired) electrons. The molecular weight excluding hydrogens is 262 g/mol. The van der Waals surface area contributed by atoms with Crippen molar-refractivity contribution in [3.05, 3.63) is 36.0 Å². The summed E-state index contributed by atoms with van der Waals surface area (Å²) in [4.78, 5) is 4.24. The van der Waals surface area contributed by atoms with Gasteiger partial charge >= 0.3 is 0 Å². The Kier molecular flexibility index (Phi) is 3.53. The second-order valence-corrected chi connectivity index (χ2v) is 4.42. The van der Waals surface area contributed by atoms with E-state index < -0.39 is 12.1 Å². The lowest BCUT2D eigenvalue weighted by atomic mass is 10.2. The van der Waals surface area contributed by atoms with Crippen molar-refractivity contribution in [1.82, 2.24) is 10.1 Å². The van der Waals surface area contributed by atoms with Gasteiger partial charge < -0.3 is 24.5 Å². The predicted octanol–water partition coefficient (Wildman–Crippen LogP) is 1.23. The maximum absolute atomic E-state index is 5.83. The van der Waals surface area contributed by atoms with E-state index in [4.69, 9.17) is 24.5 Å². The van der Waals surface area contributed by atoms with Crippen LogP contribution in [0.3, 0.4) is 0 Å². The number of fused-ring (bicyclic) bond motifs is 1. The number of nitrogens with zero attached hydrogens (tertiary/aromatic N) is 2. The third-order valence-electron chi connectivity index (χ3n) is 2.92. The van der Waals surface area contributed by atoms with Crippen molar-refractivity contribution in [3.8, 4) is 11.5 Å². The van der Waals surface area contributed by atoms with E-state index in [0.29, 0.717) is 36.4 Å². The quantitative estimate of drug-likeness (QED) is 0.898. The molecule has 2 heterocycles. The minimum absolute atomic E-state index is 0.312. The lowest BCUT2D eigenvalue weighted by Gasteiger charge is -2.24. The molecule has 0 spiro atoms. The van der Waals surface area contributed by atoms with E-state index in [1.807, 2.05) is 24.3 Å². The largest absolute Gasteiger partial charge is 0.485 e. The highest BCUT2D eigenvalue weighted by Gasteiger charge is 2.27. The first-order valence-corrected chi connectivity index (χ1v) is 6.24. The van der Waals surface area contributed by atoms with E-state index in [1.54, 1.807) is 7.11 Å². The smallest absolute Gasteiger partial charge is 0.246 e. The van der Waals surface area contributed by atoms with Gasteiger partial charge in [0.05, 0.1) is 6.61 Å².